The predicted molar refractivity (Wildman–Crippen MR) is 170 cm³/mol. The standard InChI is InChI=1S/C29H23N5O10S3/c1-44-20-12-14(2-11-19(20)35)22-23-24(27(38)33(26(23)37)16-5-7-17(8-6-16)34(40)41)45-28-25(22)46-29(39)32(28)13-21(36)31-15-3-9-18(10-4-15)47(30,42)43/h2-12,22-24,35H,13H2,1H3,(H,31,36)(H2,30,42,43)/t22-,23?,24?/m0/s1. The molecule has 1 fully saturated rings. The number of anilines is 2. The van der Waals surface area contributed by atoms with Crippen LogP contribution in [-0.2, 0) is 31.0 Å². The minimum absolute atomic E-state index is 0.0995. The summed E-state index contributed by atoms with van der Waals surface area (Å²) >= 11 is 1.78. The van der Waals surface area contributed by atoms with Gasteiger partial charge in [-0.3, -0.25) is 33.9 Å². The Morgan fingerprint density at radius 3 is 2.36 bits per heavy atom. The minimum atomic E-state index is -3.95. The summed E-state index contributed by atoms with van der Waals surface area (Å²) in [6, 6.07) is 14.5. The summed E-state index contributed by atoms with van der Waals surface area (Å²) in [4.78, 5) is 65.7. The number of nitrogens with two attached hydrogens (primary N) is 1. The maximum atomic E-state index is 14.0. The van der Waals surface area contributed by atoms with Gasteiger partial charge < -0.3 is 15.2 Å². The summed E-state index contributed by atoms with van der Waals surface area (Å²) in [7, 11) is -2.60. The van der Waals surface area contributed by atoms with E-state index in [1.807, 2.05) is 0 Å². The number of nitro benzene ring substituents is 1. The fourth-order valence-corrected chi connectivity index (χ4v) is 8.84. The number of amides is 3. The summed E-state index contributed by atoms with van der Waals surface area (Å²) in [5, 5.41) is 28.4. The predicted octanol–water partition coefficient (Wildman–Crippen LogP) is 2.61. The number of benzene rings is 3. The van der Waals surface area contributed by atoms with Crippen LogP contribution in [0, 0.1) is 16.0 Å². The van der Waals surface area contributed by atoms with Crippen molar-refractivity contribution in [2.45, 2.75) is 27.6 Å². The summed E-state index contributed by atoms with van der Waals surface area (Å²) in [6.45, 7) is -0.466. The fraction of sp³-hybridized carbons (Fsp3) is 0.172. The van der Waals surface area contributed by atoms with E-state index in [0.717, 1.165) is 28.0 Å². The van der Waals surface area contributed by atoms with Gasteiger partial charge in [-0.2, -0.15) is 0 Å². The number of thioether (sulfide) groups is 1. The topological polar surface area (TPSA) is 221 Å². The average molecular weight is 698 g/mol. The van der Waals surface area contributed by atoms with E-state index in [2.05, 4.69) is 5.32 Å². The number of phenolic OH excluding ortho intramolecular Hbond substituents is 1. The zero-order valence-corrected chi connectivity index (χ0v) is 26.5. The van der Waals surface area contributed by atoms with E-state index < -0.39 is 61.2 Å². The maximum absolute atomic E-state index is 14.0. The number of primary sulfonamides is 1. The van der Waals surface area contributed by atoms with Gasteiger partial charge in [0.1, 0.15) is 11.8 Å². The summed E-state index contributed by atoms with van der Waals surface area (Å²) < 4.78 is 29.6. The highest BCUT2D eigenvalue weighted by atomic mass is 32.2. The Morgan fingerprint density at radius 2 is 1.74 bits per heavy atom. The lowest BCUT2D eigenvalue weighted by molar-refractivity contribution is -0.384. The van der Waals surface area contributed by atoms with Crippen molar-refractivity contribution in [3.63, 3.8) is 0 Å². The molecule has 15 nitrogen and oxygen atoms in total. The third kappa shape index (κ3) is 5.75. The van der Waals surface area contributed by atoms with Crippen molar-refractivity contribution in [2.24, 2.45) is 11.1 Å². The molecule has 4 aromatic rings. The van der Waals surface area contributed by atoms with Crippen LogP contribution in [0.15, 0.2) is 81.4 Å². The second-order valence-corrected chi connectivity index (χ2v) is 14.2. The van der Waals surface area contributed by atoms with Gasteiger partial charge in [-0.15, -0.1) is 0 Å². The van der Waals surface area contributed by atoms with Gasteiger partial charge >= 0.3 is 4.87 Å². The van der Waals surface area contributed by atoms with E-state index in [1.165, 1.54) is 72.3 Å². The first-order chi connectivity index (χ1) is 22.3. The quantitative estimate of drug-likeness (QED) is 0.138. The molecule has 0 saturated carbocycles. The second kappa shape index (κ2) is 12.0. The number of carbonyl (C=O) groups is 3. The first-order valence-electron chi connectivity index (χ1n) is 13.6. The molecule has 2 unspecified atom stereocenters. The molecule has 1 saturated heterocycles. The van der Waals surface area contributed by atoms with Crippen LogP contribution in [0.4, 0.5) is 17.1 Å². The SMILES string of the molecule is COc1cc([C@@H]2c3sc(=O)n(CC(=O)Nc4ccc(S(N)(=O)=O)cc4)c3SC3C(=O)N(c4ccc([N+](=O)[O-])cc4)C(=O)C32)ccc1O. The van der Waals surface area contributed by atoms with Gasteiger partial charge in [0.05, 0.1) is 33.6 Å². The Bertz CT molecular complexity index is 2130. The molecule has 3 atom stereocenters. The Hall–Kier alpha value is -5.04. The van der Waals surface area contributed by atoms with E-state index >= 15 is 0 Å². The molecule has 47 heavy (non-hydrogen) atoms. The number of nitrogens with zero attached hydrogens (tertiary/aromatic N) is 3. The number of imide groups is 1. The number of rotatable bonds is 8. The van der Waals surface area contributed by atoms with Crippen molar-refractivity contribution in [3.8, 4) is 11.5 Å². The van der Waals surface area contributed by atoms with Gasteiger partial charge in [0, 0.05) is 28.6 Å². The summed E-state index contributed by atoms with van der Waals surface area (Å²) in [5.41, 5.74) is 0.627. The number of phenols is 1. The van der Waals surface area contributed by atoms with Gasteiger partial charge in [-0.05, 0) is 54.1 Å². The highest BCUT2D eigenvalue weighted by Crippen LogP contribution is 2.54. The van der Waals surface area contributed by atoms with Crippen molar-refractivity contribution in [1.82, 2.24) is 4.57 Å². The van der Waals surface area contributed by atoms with Crippen LogP contribution in [0.1, 0.15) is 16.4 Å². The number of fused-ring (bicyclic) bond motifs is 2. The number of hydrogen-bond donors (Lipinski definition) is 3. The molecule has 0 aliphatic carbocycles. The van der Waals surface area contributed by atoms with E-state index in [-0.39, 0.29) is 33.5 Å². The molecule has 6 rings (SSSR count). The number of aromatic nitrogens is 1. The Kier molecular flexibility index (Phi) is 8.12. The monoisotopic (exact) mass is 697 g/mol. The molecule has 3 amide bonds. The zero-order valence-electron chi connectivity index (χ0n) is 24.1. The number of nitro groups is 1. The van der Waals surface area contributed by atoms with E-state index in [9.17, 15) is 42.8 Å². The van der Waals surface area contributed by atoms with Crippen LogP contribution >= 0.6 is 23.1 Å². The smallest absolute Gasteiger partial charge is 0.308 e. The average Bonchev–Trinajstić information content (AvgIpc) is 3.47. The van der Waals surface area contributed by atoms with E-state index in [1.54, 1.807) is 6.07 Å². The molecule has 2 aliphatic rings. The molecule has 2 aliphatic heterocycles. The number of aromatic hydroxyl groups is 1. The second-order valence-electron chi connectivity index (χ2n) is 10.5. The van der Waals surface area contributed by atoms with Gasteiger partial charge in [-0.1, -0.05) is 29.2 Å². The molecule has 0 bridgehead atoms. The first-order valence-corrected chi connectivity index (χ1v) is 16.8. The van der Waals surface area contributed by atoms with Crippen molar-refractivity contribution >= 4 is 67.9 Å². The molecule has 0 spiro atoms. The first kappa shape index (κ1) is 31.9. The van der Waals surface area contributed by atoms with E-state index in [0.29, 0.717) is 15.5 Å². The number of nitrogens with one attached hydrogen (secondary N) is 1. The highest BCUT2D eigenvalue weighted by Gasteiger charge is 2.57. The number of carbonyl (C=O) groups excluding carboxylic acids is 3. The van der Waals surface area contributed by atoms with Gasteiger partial charge in [0.2, 0.25) is 27.7 Å². The molecule has 3 heterocycles. The lowest BCUT2D eigenvalue weighted by atomic mass is 9.83. The van der Waals surface area contributed by atoms with E-state index in [4.69, 9.17) is 9.88 Å². The molecular formula is C29H23N5O10S3. The maximum Gasteiger partial charge on any atom is 0.308 e. The third-order valence-corrected chi connectivity index (χ3v) is 11.2. The van der Waals surface area contributed by atoms with Crippen molar-refractivity contribution in [1.29, 1.82) is 0 Å². The number of thiazole rings is 1. The molecule has 3 aromatic carbocycles. The normalized spacial score (nSPS) is 18.9. The molecule has 242 valence electrons. The molecule has 0 radical (unpaired) electrons. The van der Waals surface area contributed by atoms with Crippen molar-refractivity contribution < 1.29 is 37.6 Å². The lowest BCUT2D eigenvalue weighted by Crippen LogP contribution is -2.33. The van der Waals surface area contributed by atoms with Crippen LogP contribution in [0.25, 0.3) is 0 Å². The number of ether oxygens (including phenoxy) is 1. The number of sulfonamides is 1. The largest absolute Gasteiger partial charge is 0.504 e. The highest BCUT2D eigenvalue weighted by molar-refractivity contribution is 8.00. The minimum Gasteiger partial charge on any atom is -0.504 e. The Balaban J connectivity index is 1.39. The number of methoxy groups -OCH3 is 1. The molecule has 4 N–H and O–H groups in total. The summed E-state index contributed by atoms with van der Waals surface area (Å²) in [6.07, 6.45) is 0. The fourth-order valence-electron chi connectivity index (χ4n) is 5.55. The van der Waals surface area contributed by atoms with Crippen LogP contribution in [0.2, 0.25) is 0 Å². The van der Waals surface area contributed by atoms with Crippen molar-refractivity contribution in [2.75, 3.05) is 17.3 Å². The Labute approximate surface area is 273 Å². The lowest BCUT2D eigenvalue weighted by Gasteiger charge is -2.31. The van der Waals surface area contributed by atoms with Gasteiger partial charge in [0.15, 0.2) is 11.5 Å². The Morgan fingerprint density at radius 1 is 1.06 bits per heavy atom. The van der Waals surface area contributed by atoms with Crippen LogP contribution in [0.5, 0.6) is 11.5 Å². The molecule has 1 aromatic heterocycles. The zero-order chi connectivity index (χ0) is 33.8. The van der Waals surface area contributed by atoms with Gasteiger partial charge in [0.25, 0.3) is 5.69 Å². The van der Waals surface area contributed by atoms with Crippen molar-refractivity contribution in [3.05, 3.63) is 97.0 Å². The molecular weight excluding hydrogens is 675 g/mol. The van der Waals surface area contributed by atoms with Crippen LogP contribution in [-0.4, -0.2) is 53.1 Å². The van der Waals surface area contributed by atoms with Gasteiger partial charge in [-0.25, -0.2) is 18.5 Å². The van der Waals surface area contributed by atoms with Crippen LogP contribution in [0.3, 0.4) is 0 Å². The summed E-state index contributed by atoms with van der Waals surface area (Å²) in [5.74, 6) is -3.76. The number of non-ortho nitro benzene ring substituents is 1. The third-order valence-electron chi connectivity index (χ3n) is 7.70. The van der Waals surface area contributed by atoms with Crippen LogP contribution < -0.4 is 25.0 Å². The number of hydrogen-bond acceptors (Lipinski definition) is 12. The molecule has 18 heteroatoms.